The minimum absolute atomic E-state index is 0.00407. The summed E-state index contributed by atoms with van der Waals surface area (Å²) in [5.74, 6) is 3.09. The molecule has 22 nitrogen and oxygen atoms in total. The van der Waals surface area contributed by atoms with Gasteiger partial charge < -0.3 is 53.7 Å². The molecule has 1 aliphatic heterocycles. The number of halogens is 3. The zero-order chi connectivity index (χ0) is 104. The first-order valence-electron chi connectivity index (χ1n) is 46.3. The highest BCUT2D eigenvalue weighted by Crippen LogP contribution is 2.39. The third-order valence-electron chi connectivity index (χ3n) is 21.5. The normalized spacial score (nSPS) is 12.6. The molecule has 10 aromatic heterocycles. The number of carbonyl (C=O) groups excluding carboxylic acids is 2. The van der Waals surface area contributed by atoms with Crippen LogP contribution in [0.25, 0.3) is 5.82 Å². The number of rotatable bonds is 12. The lowest BCUT2D eigenvalue weighted by molar-refractivity contribution is -0.141. The summed E-state index contributed by atoms with van der Waals surface area (Å²) in [5, 5.41) is 13.3. The molecule has 0 unspecified atom stereocenters. The number of amides is 2. The van der Waals surface area contributed by atoms with Gasteiger partial charge in [-0.05, 0) is 187 Å². The van der Waals surface area contributed by atoms with E-state index < -0.39 is 26.2 Å². The van der Waals surface area contributed by atoms with Gasteiger partial charge in [0.1, 0.15) is 37.2 Å². The van der Waals surface area contributed by atoms with Gasteiger partial charge in [-0.1, -0.05) is 224 Å². The maximum absolute atomic E-state index is 12.3. The third-order valence-corrected chi connectivity index (χ3v) is 24.6. The summed E-state index contributed by atoms with van der Waals surface area (Å²) in [5.41, 5.74) is 20.4. The number of pyridine rings is 9. The Morgan fingerprint density at radius 1 is 0.474 bits per heavy atom. The number of aliphatic hydroxyl groups excluding tert-OH is 1. The average Bonchev–Trinajstić information content (AvgIpc) is 1.64. The summed E-state index contributed by atoms with van der Waals surface area (Å²) in [6.45, 7) is 71.1. The van der Waals surface area contributed by atoms with Crippen LogP contribution in [0.1, 0.15) is 294 Å². The van der Waals surface area contributed by atoms with E-state index >= 15 is 0 Å². The smallest absolute Gasteiger partial charge is 0.433 e. The largest absolute Gasteiger partial charge is 0.496 e. The predicted octanol–water partition coefficient (Wildman–Crippen LogP) is 24.3. The fraction of sp³-hybridized carbons (Fsp3) is 0.482. The summed E-state index contributed by atoms with van der Waals surface area (Å²) >= 11 is 0. The zero-order valence-electron chi connectivity index (χ0n) is 88.7. The van der Waals surface area contributed by atoms with Crippen LogP contribution in [0.5, 0.6) is 17.2 Å². The molecule has 1 fully saturated rings. The number of alkyl halides is 3. The summed E-state index contributed by atoms with van der Waals surface area (Å²) in [6.07, 6.45) is 14.3. The van der Waals surface area contributed by atoms with Crippen molar-refractivity contribution in [3.63, 3.8) is 0 Å². The van der Waals surface area contributed by atoms with E-state index in [0.717, 1.165) is 97.0 Å². The van der Waals surface area contributed by atoms with Crippen molar-refractivity contribution < 1.29 is 55.9 Å². The third kappa shape index (κ3) is 39.6. The van der Waals surface area contributed by atoms with Crippen LogP contribution in [0.3, 0.4) is 0 Å². The van der Waals surface area contributed by atoms with E-state index in [0.29, 0.717) is 55.4 Å². The molecule has 0 spiro atoms. The van der Waals surface area contributed by atoms with Gasteiger partial charge in [0.25, 0.3) is 11.8 Å². The number of carbonyl (C=O) groups is 2. The Balaban J connectivity index is 0.000000324. The molecule has 11 aromatic rings. The lowest BCUT2D eigenvalue weighted by Crippen LogP contribution is -2.41. The Kier molecular flexibility index (Phi) is 44.0. The number of anilines is 1. The van der Waals surface area contributed by atoms with Crippen molar-refractivity contribution in [2.75, 3.05) is 79.6 Å². The fourth-order valence-electron chi connectivity index (χ4n) is 12.9. The molecule has 0 radical (unpaired) electrons. The van der Waals surface area contributed by atoms with E-state index in [1.54, 1.807) is 120 Å². The summed E-state index contributed by atoms with van der Waals surface area (Å²) in [7, 11) is 0.477. The van der Waals surface area contributed by atoms with E-state index in [9.17, 15) is 31.9 Å². The molecule has 2 amide bonds. The van der Waals surface area contributed by atoms with Crippen LogP contribution in [-0.4, -0.2) is 146 Å². The number of benzene rings is 1. The molecular formula is C110H158F3N13O9P2. The molecule has 0 bridgehead atoms. The number of aliphatic hydroxyl groups is 1. The first kappa shape index (κ1) is 119. The molecule has 0 aliphatic carbocycles. The number of nitrogens with one attached hydrogen (secondary N) is 1. The van der Waals surface area contributed by atoms with Crippen molar-refractivity contribution in [2.45, 2.75) is 275 Å². The van der Waals surface area contributed by atoms with E-state index in [1.807, 2.05) is 130 Å². The Labute approximate surface area is 817 Å². The van der Waals surface area contributed by atoms with Gasteiger partial charge in [0, 0.05) is 153 Å². The molecule has 748 valence electrons. The van der Waals surface area contributed by atoms with Gasteiger partial charge in [-0.2, -0.15) is 13.2 Å². The van der Waals surface area contributed by atoms with Crippen LogP contribution in [0.2, 0.25) is 0 Å². The first-order valence-corrected chi connectivity index (χ1v) is 51.5. The molecule has 1 saturated heterocycles. The lowest BCUT2D eigenvalue weighted by atomic mass is 9.87. The number of nitrogens with two attached hydrogens (primary N) is 1. The maximum atomic E-state index is 12.3. The molecule has 1 aliphatic rings. The number of hydrogen-bond donors (Lipinski definition) is 3. The Morgan fingerprint density at radius 3 is 1.43 bits per heavy atom. The molecule has 1 aromatic carbocycles. The van der Waals surface area contributed by atoms with E-state index in [-0.39, 0.29) is 67.2 Å². The van der Waals surface area contributed by atoms with Crippen LogP contribution < -0.4 is 35.9 Å². The number of methoxy groups -OCH3 is 3. The van der Waals surface area contributed by atoms with E-state index in [1.165, 1.54) is 23.0 Å². The molecule has 4 N–H and O–H groups in total. The van der Waals surface area contributed by atoms with Crippen molar-refractivity contribution in [2.24, 2.45) is 5.73 Å². The molecule has 12 rings (SSSR count). The minimum Gasteiger partial charge on any atom is -0.496 e. The number of nitrogens with zero attached hydrogens (tertiary/aromatic N) is 11. The van der Waals surface area contributed by atoms with Crippen molar-refractivity contribution in [3.05, 3.63) is 286 Å². The highest BCUT2D eigenvalue weighted by Gasteiger charge is 2.34. The minimum atomic E-state index is -4.36. The van der Waals surface area contributed by atoms with Crippen LogP contribution in [-0.2, 0) is 88.4 Å². The summed E-state index contributed by atoms with van der Waals surface area (Å²) < 4.78 is 83.8. The second-order valence-electron chi connectivity index (χ2n) is 43.5. The number of aromatic nitrogens is 10. The monoisotopic (exact) mass is 1920 g/mol. The summed E-state index contributed by atoms with van der Waals surface area (Å²) in [6, 6.07) is 41.1. The highest BCUT2D eigenvalue weighted by atomic mass is 31.2. The van der Waals surface area contributed by atoms with Crippen molar-refractivity contribution >= 4 is 42.4 Å². The topological polar surface area (TPSA) is 288 Å². The van der Waals surface area contributed by atoms with Crippen LogP contribution in [0.15, 0.2) is 195 Å². The van der Waals surface area contributed by atoms with Gasteiger partial charge in [0.2, 0.25) is 0 Å². The van der Waals surface area contributed by atoms with Crippen LogP contribution in [0, 0.1) is 6.92 Å². The molecule has 137 heavy (non-hydrogen) atoms. The van der Waals surface area contributed by atoms with Gasteiger partial charge in [0.15, 0.2) is 11.5 Å². The van der Waals surface area contributed by atoms with Crippen LogP contribution in [0.4, 0.5) is 18.9 Å². The number of hydrogen-bond acceptors (Lipinski definition) is 19. The Morgan fingerprint density at radius 2 is 0.985 bits per heavy atom. The van der Waals surface area contributed by atoms with Gasteiger partial charge in [0.05, 0.1) is 70.1 Å². The number of morpholine rings is 1. The van der Waals surface area contributed by atoms with Gasteiger partial charge >= 0.3 is 6.18 Å². The quantitative estimate of drug-likeness (QED) is 0.0958. The van der Waals surface area contributed by atoms with Crippen molar-refractivity contribution in [3.8, 4) is 23.1 Å². The predicted molar refractivity (Wildman–Crippen MR) is 558 cm³/mol. The van der Waals surface area contributed by atoms with Crippen LogP contribution >= 0.6 is 14.3 Å². The highest BCUT2D eigenvalue weighted by molar-refractivity contribution is 7.70. The number of aryl methyl sites for hydroxylation is 1. The SMILES string of the molecule is CC(C)(C)c1ccc(-n2cccc2CN)nc1.CC(C)(C)c1ccc(NC(=O)c2ccc(P(C)(C)=O)cc2)cn1.CC(C)(C)c1cccc(CO)n1.CC(C)(C)c1ccnc(C(=O)N2CCOCC2)c1.CC(C)(C)c1ccnc(C(F)(F)F)c1.CC(C)(C)c1cncc(P(C)(C)=O)c1.CCc1ccc(C(C)(C)C)nc1.COc1ccnc(C(C)(C)C)c1C.COc1ccnc(C(C)(C)C)c1OC. The number of ether oxygens (including phenoxy) is 4. The zero-order valence-corrected chi connectivity index (χ0v) is 90.5. The summed E-state index contributed by atoms with van der Waals surface area (Å²) in [4.78, 5) is 64.3. The molecule has 11 heterocycles. The second kappa shape index (κ2) is 50.8. The molecule has 0 saturated carbocycles. The van der Waals surface area contributed by atoms with E-state index in [4.69, 9.17) is 29.8 Å². The average molecular weight is 1930 g/mol. The lowest BCUT2D eigenvalue weighted by Gasteiger charge is -2.27. The standard InChI is InChI=1S/C18H23N2O2P.C14H19N3.C14H20N2O2.C11H17NO2.C11H18NOP.C11H17NO.C11H17N.C10H12F3N.C10H15NO/c1-18(2,3)16-11-8-14(12-19-16)20-17(21)13-6-9-15(10-7-13)23(4,5)22;1-14(2,3)11-6-7-13(16-10-11)17-8-4-5-12(17)9-15;1-14(2,3)11-4-5-15-12(10-11)13(17)16-6-8-18-9-7-16;1-11(2,3)10-9(14-5)8(13-4)6-7-12-10;1-11(2,3)9-6-10(8-12-7-9)14(4,5)13;1-8-9(13-5)6-7-12-10(8)11(2,3)4;1-5-9-6-7-10(12-8-9)11(2,3)4;1-9(2,3)7-4-5-14-8(6-7)10(11,12)13;1-10(2,3)9-6-4-5-8(7-12)11-9/h6-12H,1-5H3,(H,20,21);4-8,10H,9,15H2,1-3H3;4-5,10H,6-9H2,1-3H3;6-7H,1-5H3;6-8H,1-5H3;6-7H,1-5H3;6-8H,5H2,1-4H3;4-6H,1-3H3;4-6,12H,7H2,1-3H3. The van der Waals surface area contributed by atoms with Gasteiger partial charge in [-0.25, -0.2) is 4.98 Å². The van der Waals surface area contributed by atoms with Gasteiger partial charge in [-0.3, -0.25) is 49.5 Å². The molecular weight excluding hydrogens is 1770 g/mol. The van der Waals surface area contributed by atoms with E-state index in [2.05, 4.69) is 241 Å². The molecule has 0 atom stereocenters. The van der Waals surface area contributed by atoms with Crippen molar-refractivity contribution in [1.29, 1.82) is 0 Å². The first-order chi connectivity index (χ1) is 63.0. The van der Waals surface area contributed by atoms with Crippen molar-refractivity contribution in [1.82, 2.24) is 54.3 Å². The van der Waals surface area contributed by atoms with Gasteiger partial charge in [-0.15, -0.1) is 0 Å². The Bertz CT molecular complexity index is 5640. The Hall–Kier alpha value is -10.7. The maximum Gasteiger partial charge on any atom is 0.433 e. The fourth-order valence-corrected chi connectivity index (χ4v) is 14.5. The molecule has 27 heteroatoms. The second-order valence-corrected chi connectivity index (χ2v) is 50.0.